The highest BCUT2D eigenvalue weighted by molar-refractivity contribution is 5.93. The molecule has 4 aliphatic carbocycles. The lowest BCUT2D eigenvalue weighted by Crippen LogP contribution is -2.66. The van der Waals surface area contributed by atoms with Crippen LogP contribution in [-0.2, 0) is 19.1 Å². The van der Waals surface area contributed by atoms with E-state index in [1.165, 1.54) is 6.08 Å². The van der Waals surface area contributed by atoms with E-state index in [1.54, 1.807) is 13.0 Å². The number of cyclic esters (lactones) is 1. The van der Waals surface area contributed by atoms with Crippen LogP contribution < -0.4 is 5.32 Å². The monoisotopic (exact) mass is 732 g/mol. The maximum absolute atomic E-state index is 17.4. The van der Waals surface area contributed by atoms with Gasteiger partial charge in [-0.25, -0.2) is 4.39 Å². The van der Waals surface area contributed by atoms with Crippen LogP contribution in [0.1, 0.15) is 112 Å². The van der Waals surface area contributed by atoms with Crippen LogP contribution in [0, 0.1) is 40.4 Å². The molecule has 1 heterocycles. The first-order valence-corrected chi connectivity index (χ1v) is 20.0. The molecule has 0 radical (unpaired) electrons. The van der Waals surface area contributed by atoms with Crippen LogP contribution >= 0.6 is 0 Å². The van der Waals surface area contributed by atoms with Crippen LogP contribution in [0.5, 0.6) is 0 Å². The number of carbonyl (C=O) groups is 3. The number of hydrogen-bond donors (Lipinski definition) is 5. The van der Waals surface area contributed by atoms with Gasteiger partial charge in [0.05, 0.1) is 24.2 Å². The first kappa shape index (κ1) is 41.0. The van der Waals surface area contributed by atoms with Crippen LogP contribution in [0.4, 0.5) is 4.39 Å². The molecule has 52 heavy (non-hydrogen) atoms. The highest BCUT2D eigenvalue weighted by atomic mass is 19.1. The molecule has 294 valence electrons. The van der Waals surface area contributed by atoms with Crippen molar-refractivity contribution in [2.75, 3.05) is 19.6 Å². The van der Waals surface area contributed by atoms with Crippen molar-refractivity contribution in [2.45, 2.75) is 154 Å². The Morgan fingerprint density at radius 2 is 1.77 bits per heavy atom. The number of halogens is 1. The highest BCUT2D eigenvalue weighted by Gasteiger charge is 2.70. The van der Waals surface area contributed by atoms with Crippen LogP contribution in [0.3, 0.4) is 0 Å². The standard InChI is InChI=1S/C41H65FN2O8/c1-7-33-36(49)35(48)26(4)44(18-8-10-28(45)21-24(2)20-25(3)38(51)52-33)19-9-17-43-37(50)32-14-13-30-31-12-11-27-22-29(46)15-16-40(27,6)41(31,42)34(47)23-39(30,32)5/h11,15-16,24-26,28,30-36,45,47-49H,7-10,12-14,17-23H2,1-6H3,(H,43,50)/t24-,25+,26+,28+,30?,31?,32+,33+,34-,35+,36+,39-,40-,41-/m0/s1. The zero-order chi connectivity index (χ0) is 38.2. The van der Waals surface area contributed by atoms with Crippen LogP contribution in [0.2, 0.25) is 0 Å². The third-order valence-electron chi connectivity index (χ3n) is 14.1. The van der Waals surface area contributed by atoms with Crippen molar-refractivity contribution < 1.29 is 43.9 Å². The van der Waals surface area contributed by atoms with E-state index in [1.807, 2.05) is 40.7 Å². The van der Waals surface area contributed by atoms with Crippen molar-refractivity contribution in [3.8, 4) is 0 Å². The predicted molar refractivity (Wildman–Crippen MR) is 195 cm³/mol. The lowest BCUT2D eigenvalue weighted by Gasteiger charge is -2.61. The maximum atomic E-state index is 17.4. The summed E-state index contributed by atoms with van der Waals surface area (Å²) >= 11 is 0. The van der Waals surface area contributed by atoms with Crippen molar-refractivity contribution in [1.82, 2.24) is 10.2 Å². The molecule has 3 fully saturated rings. The number of rotatable bonds is 6. The summed E-state index contributed by atoms with van der Waals surface area (Å²) in [7, 11) is 0. The molecule has 14 atom stereocenters. The number of allylic oxidation sites excluding steroid dienone is 4. The summed E-state index contributed by atoms with van der Waals surface area (Å²) in [6.07, 6.45) is 5.44. The first-order chi connectivity index (χ1) is 24.5. The van der Waals surface area contributed by atoms with E-state index in [2.05, 4.69) is 10.2 Å². The summed E-state index contributed by atoms with van der Waals surface area (Å²) in [4.78, 5) is 40.9. The third kappa shape index (κ3) is 7.68. The lowest BCUT2D eigenvalue weighted by molar-refractivity contribution is -0.189. The molecule has 5 rings (SSSR count). The van der Waals surface area contributed by atoms with Gasteiger partial charge in [0, 0.05) is 42.8 Å². The molecule has 5 N–H and O–H groups in total. The summed E-state index contributed by atoms with van der Waals surface area (Å²) in [5.41, 5.74) is -2.79. The number of hydrogen-bond acceptors (Lipinski definition) is 9. The molecule has 0 aromatic rings. The van der Waals surface area contributed by atoms with Gasteiger partial charge in [0.2, 0.25) is 5.91 Å². The molecule has 5 aliphatic rings. The molecule has 1 saturated heterocycles. The molecule has 0 spiro atoms. The number of carbonyl (C=O) groups excluding carboxylic acids is 3. The van der Waals surface area contributed by atoms with Gasteiger partial charge in [0.25, 0.3) is 0 Å². The van der Waals surface area contributed by atoms with Gasteiger partial charge in [-0.3, -0.25) is 19.3 Å². The Bertz CT molecular complexity index is 1370. The highest BCUT2D eigenvalue weighted by Crippen LogP contribution is 2.68. The minimum absolute atomic E-state index is 0.0494. The van der Waals surface area contributed by atoms with E-state index in [-0.39, 0.29) is 42.3 Å². The van der Waals surface area contributed by atoms with Crippen LogP contribution in [-0.4, -0.2) is 105 Å². The number of nitrogens with one attached hydrogen (secondary N) is 1. The molecule has 2 unspecified atom stereocenters. The smallest absolute Gasteiger partial charge is 0.309 e. The van der Waals surface area contributed by atoms with Gasteiger partial charge >= 0.3 is 5.97 Å². The molecular weight excluding hydrogens is 667 g/mol. The Balaban J connectivity index is 1.22. The zero-order valence-electron chi connectivity index (χ0n) is 32.2. The minimum Gasteiger partial charge on any atom is -0.459 e. The van der Waals surface area contributed by atoms with Crippen molar-refractivity contribution in [1.29, 1.82) is 0 Å². The van der Waals surface area contributed by atoms with Gasteiger partial charge in [-0.1, -0.05) is 45.4 Å². The lowest BCUT2D eigenvalue weighted by atomic mass is 9.46. The summed E-state index contributed by atoms with van der Waals surface area (Å²) in [6, 6.07) is -0.486. The molecular formula is C41H65FN2O8. The Kier molecular flexibility index (Phi) is 12.8. The van der Waals surface area contributed by atoms with Crippen molar-refractivity contribution in [3.63, 3.8) is 0 Å². The number of ether oxygens (including phenoxy) is 1. The quantitative estimate of drug-likeness (QED) is 0.152. The number of aliphatic hydroxyl groups is 4. The Hall–Kier alpha value is -2.18. The van der Waals surface area contributed by atoms with Crippen molar-refractivity contribution >= 4 is 17.7 Å². The normalized spacial score (nSPS) is 45.1. The topological polar surface area (TPSA) is 157 Å². The largest absolute Gasteiger partial charge is 0.459 e. The number of aliphatic hydroxyl groups excluding tert-OH is 4. The molecule has 0 bridgehead atoms. The second kappa shape index (κ2) is 16.3. The maximum Gasteiger partial charge on any atom is 0.309 e. The van der Waals surface area contributed by atoms with Gasteiger partial charge in [-0.15, -0.1) is 0 Å². The Labute approximate surface area is 309 Å². The minimum atomic E-state index is -1.91. The SMILES string of the molecule is CC[C@H]1OC(=O)[C@H](C)C[C@H](C)C[C@H](O)CCCN(CCCNC(=O)[C@H]2CCC3C4CC=C5CC(=O)C=C[C@]5(C)[C@@]4(F)[C@@H](O)C[C@@]32C)[C@H](C)[C@@H](O)[C@@H]1O. The summed E-state index contributed by atoms with van der Waals surface area (Å²) in [6.45, 7) is 12.8. The molecule has 11 heteroatoms. The fourth-order valence-electron chi connectivity index (χ4n) is 11.0. The fourth-order valence-corrected chi connectivity index (χ4v) is 11.0. The average molecular weight is 733 g/mol. The van der Waals surface area contributed by atoms with Crippen molar-refractivity contribution in [3.05, 3.63) is 23.8 Å². The molecule has 2 saturated carbocycles. The number of fused-ring (bicyclic) bond motifs is 5. The number of esters is 1. The van der Waals surface area contributed by atoms with Crippen molar-refractivity contribution in [2.24, 2.45) is 40.4 Å². The van der Waals surface area contributed by atoms with Crippen LogP contribution in [0.25, 0.3) is 0 Å². The summed E-state index contributed by atoms with van der Waals surface area (Å²) in [5.74, 6) is -1.74. The Morgan fingerprint density at radius 3 is 2.48 bits per heavy atom. The molecule has 1 aliphatic heterocycles. The third-order valence-corrected chi connectivity index (χ3v) is 14.1. The molecule has 0 aromatic heterocycles. The zero-order valence-corrected chi connectivity index (χ0v) is 32.2. The molecule has 0 aromatic carbocycles. The number of ketones is 1. The number of amides is 1. The Morgan fingerprint density at radius 1 is 1.04 bits per heavy atom. The van der Waals surface area contributed by atoms with E-state index >= 15 is 4.39 Å². The van der Waals surface area contributed by atoms with E-state index in [4.69, 9.17) is 4.74 Å². The van der Waals surface area contributed by atoms with Gasteiger partial charge in [-0.2, -0.15) is 0 Å². The molecule has 10 nitrogen and oxygen atoms in total. The van der Waals surface area contributed by atoms with E-state index < -0.39 is 70.9 Å². The van der Waals surface area contributed by atoms with E-state index in [0.717, 1.165) is 5.57 Å². The van der Waals surface area contributed by atoms with Gasteiger partial charge < -0.3 is 30.5 Å². The molecule has 1 amide bonds. The fraction of sp³-hybridized carbons (Fsp3) is 0.829. The van der Waals surface area contributed by atoms with E-state index in [9.17, 15) is 34.8 Å². The summed E-state index contributed by atoms with van der Waals surface area (Å²) in [5, 5.41) is 47.9. The predicted octanol–water partition coefficient (Wildman–Crippen LogP) is 4.42. The van der Waals surface area contributed by atoms with Crippen LogP contribution in [0.15, 0.2) is 23.8 Å². The number of nitrogens with zero attached hydrogens (tertiary/aromatic N) is 1. The second-order valence-corrected chi connectivity index (χ2v) is 17.5. The van der Waals surface area contributed by atoms with Gasteiger partial charge in [-0.05, 0) is 108 Å². The summed E-state index contributed by atoms with van der Waals surface area (Å²) < 4.78 is 23.1. The average Bonchev–Trinajstić information content (AvgIpc) is 3.43. The first-order valence-electron chi connectivity index (χ1n) is 20.0. The second-order valence-electron chi connectivity index (χ2n) is 17.5. The van der Waals surface area contributed by atoms with E-state index in [0.29, 0.717) is 77.4 Å². The van der Waals surface area contributed by atoms with Gasteiger partial charge in [0.15, 0.2) is 11.5 Å². The van der Waals surface area contributed by atoms with Gasteiger partial charge in [0.1, 0.15) is 12.2 Å². The number of alkyl halides is 1.